The van der Waals surface area contributed by atoms with E-state index in [0.29, 0.717) is 5.56 Å². The summed E-state index contributed by atoms with van der Waals surface area (Å²) >= 11 is 12.5. The van der Waals surface area contributed by atoms with Crippen LogP contribution in [-0.2, 0) is 32.6 Å². The summed E-state index contributed by atoms with van der Waals surface area (Å²) < 4.78 is 43.0. The molecule has 0 spiro atoms. The van der Waals surface area contributed by atoms with Crippen LogP contribution in [0.2, 0.25) is 10.0 Å². The van der Waals surface area contributed by atoms with Crippen LogP contribution < -0.4 is 9.62 Å². The van der Waals surface area contributed by atoms with E-state index in [1.54, 1.807) is 30.3 Å². The second-order valence-corrected chi connectivity index (χ2v) is 13.9. The molecule has 0 heterocycles. The van der Waals surface area contributed by atoms with Crippen LogP contribution in [0.25, 0.3) is 0 Å². The van der Waals surface area contributed by atoms with Gasteiger partial charge in [0.05, 0.1) is 20.6 Å². The summed E-state index contributed by atoms with van der Waals surface area (Å²) in [6.45, 7) is -0.701. The van der Waals surface area contributed by atoms with E-state index in [2.05, 4.69) is 5.32 Å². The van der Waals surface area contributed by atoms with Crippen molar-refractivity contribution < 1.29 is 22.4 Å². The molecule has 11 heteroatoms. The van der Waals surface area contributed by atoms with Crippen LogP contribution in [0.1, 0.15) is 36.8 Å². The summed E-state index contributed by atoms with van der Waals surface area (Å²) in [5, 5.41) is 3.46. The zero-order valence-electron chi connectivity index (χ0n) is 25.0. The van der Waals surface area contributed by atoms with Gasteiger partial charge in [0.25, 0.3) is 10.0 Å². The quantitative estimate of drug-likeness (QED) is 0.174. The Morgan fingerprint density at radius 1 is 0.826 bits per heavy atom. The van der Waals surface area contributed by atoms with Crippen LogP contribution in [0.4, 0.5) is 10.1 Å². The first-order valence-electron chi connectivity index (χ1n) is 15.0. The second-order valence-electron chi connectivity index (χ2n) is 11.3. The van der Waals surface area contributed by atoms with Crippen molar-refractivity contribution in [1.29, 1.82) is 0 Å². The monoisotopic (exact) mass is 681 g/mol. The maximum absolute atomic E-state index is 14.5. The van der Waals surface area contributed by atoms with Crippen LogP contribution in [0.15, 0.2) is 108 Å². The lowest BCUT2D eigenvalue weighted by molar-refractivity contribution is -0.140. The van der Waals surface area contributed by atoms with Crippen LogP contribution in [0.3, 0.4) is 0 Å². The third kappa shape index (κ3) is 8.26. The Bertz CT molecular complexity index is 1750. The van der Waals surface area contributed by atoms with Crippen LogP contribution in [0.5, 0.6) is 0 Å². The SMILES string of the molecule is O=C(NC1CCCC1)C(Cc1ccccc1)N(Cc1ccc(F)cc1)C(=O)CN(c1ccc(Cl)c(Cl)c1)S(=O)(=O)c1ccccc1. The molecule has 1 aliphatic rings. The van der Waals surface area contributed by atoms with Crippen molar-refractivity contribution in [2.75, 3.05) is 10.8 Å². The number of anilines is 1. The number of amides is 2. The Hall–Kier alpha value is -3.92. The summed E-state index contributed by atoms with van der Waals surface area (Å²) in [7, 11) is -4.28. The maximum Gasteiger partial charge on any atom is 0.264 e. The van der Waals surface area contributed by atoms with Crippen LogP contribution in [0, 0.1) is 5.82 Å². The molecule has 4 aromatic carbocycles. The van der Waals surface area contributed by atoms with Gasteiger partial charge in [0.2, 0.25) is 11.8 Å². The Morgan fingerprint density at radius 2 is 1.46 bits per heavy atom. The van der Waals surface area contributed by atoms with Crippen molar-refractivity contribution in [2.24, 2.45) is 0 Å². The van der Waals surface area contributed by atoms with Gasteiger partial charge in [-0.05, 0) is 66.4 Å². The highest BCUT2D eigenvalue weighted by Crippen LogP contribution is 2.31. The minimum absolute atomic E-state index is 0.0142. The normalized spacial score (nSPS) is 14.1. The molecule has 4 aromatic rings. The van der Waals surface area contributed by atoms with E-state index in [4.69, 9.17) is 23.2 Å². The summed E-state index contributed by atoms with van der Waals surface area (Å²) in [6.07, 6.45) is 3.88. The Kier molecular flexibility index (Phi) is 11.0. The number of benzene rings is 4. The topological polar surface area (TPSA) is 86.8 Å². The van der Waals surface area contributed by atoms with Crippen molar-refractivity contribution in [1.82, 2.24) is 10.2 Å². The molecular formula is C35H34Cl2FN3O4S. The average Bonchev–Trinajstić information content (AvgIpc) is 3.57. The number of nitrogens with one attached hydrogen (secondary N) is 1. The van der Waals surface area contributed by atoms with Gasteiger partial charge in [-0.2, -0.15) is 0 Å². The van der Waals surface area contributed by atoms with Gasteiger partial charge in [0.15, 0.2) is 0 Å². The zero-order chi connectivity index (χ0) is 32.7. The standard InChI is InChI=1S/C35H34Cl2FN3O4S/c36-31-20-19-29(22-32(31)37)41(46(44,45)30-13-5-2-6-14-30)24-34(42)40(23-26-15-17-27(38)18-16-26)33(21-25-9-3-1-4-10-25)35(43)39-28-11-7-8-12-28/h1-6,9-10,13-20,22,28,33H,7-8,11-12,21,23-24H2,(H,39,43). The molecule has 1 aliphatic carbocycles. The fourth-order valence-corrected chi connectivity index (χ4v) is 7.32. The van der Waals surface area contributed by atoms with Crippen LogP contribution >= 0.6 is 23.2 Å². The Morgan fingerprint density at radius 3 is 2.09 bits per heavy atom. The molecule has 46 heavy (non-hydrogen) atoms. The molecular weight excluding hydrogens is 648 g/mol. The van der Waals surface area contributed by atoms with E-state index in [9.17, 15) is 22.4 Å². The van der Waals surface area contributed by atoms with Gasteiger partial charge in [-0.1, -0.05) is 96.7 Å². The third-order valence-corrected chi connectivity index (χ3v) is 10.6. The van der Waals surface area contributed by atoms with Gasteiger partial charge in [-0.15, -0.1) is 0 Å². The lowest BCUT2D eigenvalue weighted by Gasteiger charge is -2.34. The number of halogens is 3. The van der Waals surface area contributed by atoms with Gasteiger partial charge in [0.1, 0.15) is 18.4 Å². The minimum Gasteiger partial charge on any atom is -0.352 e. The largest absolute Gasteiger partial charge is 0.352 e. The number of sulfonamides is 1. The molecule has 1 N–H and O–H groups in total. The minimum atomic E-state index is -4.28. The molecule has 1 fully saturated rings. The third-order valence-electron chi connectivity index (χ3n) is 8.04. The number of carbonyl (C=O) groups is 2. The average molecular weight is 683 g/mol. The molecule has 0 radical (unpaired) electrons. The molecule has 1 saturated carbocycles. The predicted octanol–water partition coefficient (Wildman–Crippen LogP) is 7.03. The van der Waals surface area contributed by atoms with Gasteiger partial charge in [-0.3, -0.25) is 13.9 Å². The number of carbonyl (C=O) groups excluding carboxylic acids is 2. The molecule has 1 unspecified atom stereocenters. The lowest BCUT2D eigenvalue weighted by atomic mass is 10.0. The summed E-state index contributed by atoms with van der Waals surface area (Å²) in [5.41, 5.74) is 1.53. The first kappa shape index (κ1) is 33.4. The van der Waals surface area contributed by atoms with Gasteiger partial charge in [0, 0.05) is 19.0 Å². The number of nitrogens with zero attached hydrogens (tertiary/aromatic N) is 2. The molecule has 0 saturated heterocycles. The fourth-order valence-electron chi connectivity index (χ4n) is 5.60. The van der Waals surface area contributed by atoms with Crippen molar-refractivity contribution in [3.05, 3.63) is 130 Å². The van der Waals surface area contributed by atoms with Gasteiger partial charge < -0.3 is 10.2 Å². The highest BCUT2D eigenvalue weighted by molar-refractivity contribution is 7.92. The molecule has 240 valence electrons. The molecule has 0 bridgehead atoms. The van der Waals surface area contributed by atoms with E-state index in [-0.39, 0.29) is 45.5 Å². The van der Waals surface area contributed by atoms with E-state index in [1.165, 1.54) is 47.4 Å². The molecule has 2 amide bonds. The molecule has 7 nitrogen and oxygen atoms in total. The lowest BCUT2D eigenvalue weighted by Crippen LogP contribution is -2.54. The smallest absolute Gasteiger partial charge is 0.264 e. The van der Waals surface area contributed by atoms with Gasteiger partial charge >= 0.3 is 0 Å². The van der Waals surface area contributed by atoms with Crippen LogP contribution in [-0.4, -0.2) is 43.8 Å². The van der Waals surface area contributed by atoms with Crippen molar-refractivity contribution in [2.45, 2.75) is 55.6 Å². The van der Waals surface area contributed by atoms with E-state index >= 15 is 0 Å². The maximum atomic E-state index is 14.5. The summed E-state index contributed by atoms with van der Waals surface area (Å²) in [4.78, 5) is 29.9. The highest BCUT2D eigenvalue weighted by atomic mass is 35.5. The van der Waals surface area contributed by atoms with Crippen molar-refractivity contribution >= 4 is 50.7 Å². The number of hydrogen-bond donors (Lipinski definition) is 1. The predicted molar refractivity (Wildman–Crippen MR) is 179 cm³/mol. The second kappa shape index (κ2) is 15.1. The zero-order valence-corrected chi connectivity index (χ0v) is 27.3. The molecule has 0 aromatic heterocycles. The summed E-state index contributed by atoms with van der Waals surface area (Å²) in [6, 6.07) is 26.0. The van der Waals surface area contributed by atoms with Crippen molar-refractivity contribution in [3.8, 4) is 0 Å². The number of rotatable bonds is 12. The van der Waals surface area contributed by atoms with E-state index in [0.717, 1.165) is 35.6 Å². The fraction of sp³-hybridized carbons (Fsp3) is 0.257. The van der Waals surface area contributed by atoms with E-state index < -0.39 is 34.3 Å². The first-order chi connectivity index (χ1) is 22.1. The van der Waals surface area contributed by atoms with Gasteiger partial charge in [-0.25, -0.2) is 12.8 Å². The molecule has 5 rings (SSSR count). The van der Waals surface area contributed by atoms with E-state index in [1.807, 2.05) is 30.3 Å². The Labute approximate surface area is 279 Å². The van der Waals surface area contributed by atoms with Crippen molar-refractivity contribution in [3.63, 3.8) is 0 Å². The molecule has 1 atom stereocenters. The Balaban J connectivity index is 1.57. The number of hydrogen-bond acceptors (Lipinski definition) is 4. The summed E-state index contributed by atoms with van der Waals surface area (Å²) in [5.74, 6) is -1.41. The first-order valence-corrected chi connectivity index (χ1v) is 17.2. The highest BCUT2D eigenvalue weighted by Gasteiger charge is 2.35. The molecule has 0 aliphatic heterocycles.